The molecule has 0 spiro atoms. The molecule has 3 N–H and O–H groups in total. The van der Waals surface area contributed by atoms with E-state index in [4.69, 9.17) is 0 Å². The minimum Gasteiger partial charge on any atom is -0.375 e. The summed E-state index contributed by atoms with van der Waals surface area (Å²) in [6.45, 7) is 7.80. The zero-order chi connectivity index (χ0) is 25.2. The van der Waals surface area contributed by atoms with Crippen LogP contribution in [0.3, 0.4) is 0 Å². The van der Waals surface area contributed by atoms with E-state index in [-0.39, 0.29) is 10.5 Å². The Morgan fingerprint density at radius 3 is 2.60 bits per heavy atom. The number of hydrogen-bond acceptors (Lipinski definition) is 8. The van der Waals surface area contributed by atoms with Crippen molar-refractivity contribution in [3.8, 4) is 0 Å². The molecule has 1 saturated heterocycles. The number of rotatable bonds is 8. The van der Waals surface area contributed by atoms with Crippen molar-refractivity contribution in [2.45, 2.75) is 24.7 Å². The van der Waals surface area contributed by atoms with Crippen LogP contribution in [0.2, 0.25) is 0 Å². The molecule has 0 bridgehead atoms. The molecule has 1 aromatic carbocycles. The summed E-state index contributed by atoms with van der Waals surface area (Å²) in [5, 5.41) is 9.49. The molecule has 11 heteroatoms. The zero-order valence-electron chi connectivity index (χ0n) is 20.0. The van der Waals surface area contributed by atoms with E-state index in [0.29, 0.717) is 34.0 Å². The number of H-pyrrole nitrogens is 1. The number of nitrogens with one attached hydrogen (secondary N) is 3. The maximum absolute atomic E-state index is 12.8. The largest absolute Gasteiger partial charge is 0.375 e. The summed E-state index contributed by atoms with van der Waals surface area (Å²) in [5.41, 5.74) is 1.95. The number of aromatic amines is 1. The molecule has 35 heavy (non-hydrogen) atoms. The van der Waals surface area contributed by atoms with E-state index in [1.807, 2.05) is 12.2 Å². The fourth-order valence-electron chi connectivity index (χ4n) is 4.06. The van der Waals surface area contributed by atoms with Crippen molar-refractivity contribution in [2.75, 3.05) is 30.0 Å². The number of para-hydroxylation sites is 1. The number of aliphatic imine (C=N–C) groups is 1. The Hall–Kier alpha value is -3.86. The number of nitrogens with zero attached hydrogens (tertiary/aromatic N) is 4. The van der Waals surface area contributed by atoms with Gasteiger partial charge in [-0.2, -0.15) is 0 Å². The van der Waals surface area contributed by atoms with E-state index in [1.54, 1.807) is 31.3 Å². The first-order valence-corrected chi connectivity index (χ1v) is 13.1. The lowest BCUT2D eigenvalue weighted by Crippen LogP contribution is -2.16. The molecule has 1 fully saturated rings. The normalized spacial score (nSPS) is 15.0. The van der Waals surface area contributed by atoms with Gasteiger partial charge >= 0.3 is 0 Å². The predicted molar refractivity (Wildman–Crippen MR) is 140 cm³/mol. The van der Waals surface area contributed by atoms with E-state index >= 15 is 0 Å². The molecule has 0 radical (unpaired) electrons. The molecule has 0 amide bonds. The van der Waals surface area contributed by atoms with Crippen LogP contribution in [0, 0.1) is 0 Å². The molecule has 1 aliphatic rings. The summed E-state index contributed by atoms with van der Waals surface area (Å²) < 4.78 is 25.9. The first kappa shape index (κ1) is 24.3. The smallest absolute Gasteiger partial charge is 0.277 e. The van der Waals surface area contributed by atoms with Gasteiger partial charge in [-0.05, 0) is 50.8 Å². The Labute approximate surface area is 204 Å². The van der Waals surface area contributed by atoms with E-state index in [9.17, 15) is 13.2 Å². The summed E-state index contributed by atoms with van der Waals surface area (Å²) >= 11 is 0. The maximum atomic E-state index is 12.8. The number of benzene rings is 1. The van der Waals surface area contributed by atoms with Gasteiger partial charge in [0, 0.05) is 38.2 Å². The van der Waals surface area contributed by atoms with Gasteiger partial charge in [0.1, 0.15) is 17.0 Å². The number of fused-ring (bicyclic) bond motifs is 1. The highest BCUT2D eigenvalue weighted by molar-refractivity contribution is 7.90. The van der Waals surface area contributed by atoms with Crippen molar-refractivity contribution in [3.63, 3.8) is 0 Å². The van der Waals surface area contributed by atoms with Crippen LogP contribution in [0.15, 0.2) is 68.7 Å². The van der Waals surface area contributed by atoms with E-state index in [0.717, 1.165) is 25.0 Å². The molecule has 0 atom stereocenters. The Morgan fingerprint density at radius 2 is 1.91 bits per heavy atom. The highest BCUT2D eigenvalue weighted by Gasteiger charge is 2.18. The van der Waals surface area contributed by atoms with Crippen molar-refractivity contribution in [1.82, 2.24) is 19.7 Å². The second-order valence-corrected chi connectivity index (χ2v) is 10.5. The van der Waals surface area contributed by atoms with Crippen LogP contribution >= 0.6 is 0 Å². The molecule has 0 saturated carbocycles. The Balaban J connectivity index is 1.73. The number of aromatic nitrogens is 3. The predicted octanol–water partition coefficient (Wildman–Crippen LogP) is 3.36. The lowest BCUT2D eigenvalue weighted by molar-refractivity contribution is 0.428. The monoisotopic (exact) mass is 495 g/mol. The summed E-state index contributed by atoms with van der Waals surface area (Å²) in [5.74, 6) is 0.890. The van der Waals surface area contributed by atoms with Gasteiger partial charge in [0.05, 0.1) is 16.3 Å². The van der Waals surface area contributed by atoms with Crippen LogP contribution in [-0.2, 0) is 16.9 Å². The zero-order valence-corrected chi connectivity index (χ0v) is 20.8. The van der Waals surface area contributed by atoms with Crippen molar-refractivity contribution in [1.29, 1.82) is 0 Å². The molecule has 0 unspecified atom stereocenters. The van der Waals surface area contributed by atoms with Crippen LogP contribution in [0.1, 0.15) is 19.8 Å². The number of pyridine rings is 1. The third kappa shape index (κ3) is 5.29. The van der Waals surface area contributed by atoms with Gasteiger partial charge in [-0.1, -0.05) is 12.1 Å². The molecular weight excluding hydrogens is 466 g/mol. The molecule has 10 nitrogen and oxygen atoms in total. The van der Waals surface area contributed by atoms with Crippen molar-refractivity contribution in [2.24, 2.45) is 12.0 Å². The number of likely N-dealkylation sites (tertiary alicyclic amines) is 1. The van der Waals surface area contributed by atoms with Gasteiger partial charge in [-0.3, -0.25) is 14.6 Å². The summed E-state index contributed by atoms with van der Waals surface area (Å²) in [6.07, 6.45) is 7.33. The molecule has 0 aliphatic carbocycles. The maximum Gasteiger partial charge on any atom is 0.277 e. The lowest BCUT2D eigenvalue weighted by Gasteiger charge is -2.17. The number of aryl methyl sites for hydroxylation is 1. The fourth-order valence-corrected chi connectivity index (χ4v) is 4.90. The van der Waals surface area contributed by atoms with Gasteiger partial charge in [0.25, 0.3) is 5.56 Å². The van der Waals surface area contributed by atoms with Gasteiger partial charge in [-0.15, -0.1) is 0 Å². The van der Waals surface area contributed by atoms with Gasteiger partial charge in [0.2, 0.25) is 0 Å². The lowest BCUT2D eigenvalue weighted by atomic mass is 10.2. The first-order chi connectivity index (χ1) is 16.7. The summed E-state index contributed by atoms with van der Waals surface area (Å²) in [6, 6.07) is 8.18. The minimum absolute atomic E-state index is 0.127. The summed E-state index contributed by atoms with van der Waals surface area (Å²) in [7, 11) is -1.90. The minimum atomic E-state index is -3.50. The van der Waals surface area contributed by atoms with Gasteiger partial charge in [0.15, 0.2) is 15.5 Å². The van der Waals surface area contributed by atoms with Crippen LogP contribution in [0.5, 0.6) is 0 Å². The molecule has 3 aromatic rings. The third-order valence-corrected chi connectivity index (χ3v) is 7.04. The van der Waals surface area contributed by atoms with Gasteiger partial charge in [-0.25, -0.2) is 18.4 Å². The molecule has 2 aromatic heterocycles. The standard InChI is InChI=1S/C24H29N7O3S/c1-16(31-13-7-8-14-31)11-12-20(25-2)27-21-15-18(22-23(28-21)29-30(3)24(22)32)26-17-9-5-6-10-19(17)35(4,33)34/h5-6,9-12,15H,2,7-8,13-14H2,1,3-4H3,(H3,26,27,28,29)/b16-11+,20-12+. The molecule has 3 heterocycles. The third-order valence-electron chi connectivity index (χ3n) is 5.88. The van der Waals surface area contributed by atoms with Crippen LogP contribution in [0.4, 0.5) is 17.2 Å². The van der Waals surface area contributed by atoms with E-state index < -0.39 is 9.84 Å². The van der Waals surface area contributed by atoms with Crippen molar-refractivity contribution in [3.05, 3.63) is 64.4 Å². The van der Waals surface area contributed by atoms with Crippen molar-refractivity contribution < 1.29 is 8.42 Å². The fraction of sp³-hybridized carbons (Fsp3) is 0.292. The van der Waals surface area contributed by atoms with Crippen LogP contribution in [-0.4, -0.2) is 54.1 Å². The topological polar surface area (TPSA) is 124 Å². The van der Waals surface area contributed by atoms with E-state index in [1.165, 1.54) is 23.6 Å². The average molecular weight is 496 g/mol. The van der Waals surface area contributed by atoms with Crippen LogP contribution in [0.25, 0.3) is 11.0 Å². The number of hydrogen-bond donors (Lipinski definition) is 3. The second-order valence-electron chi connectivity index (χ2n) is 8.49. The number of allylic oxidation sites excluding steroid dienone is 3. The molecule has 4 rings (SSSR count). The molecule has 184 valence electrons. The number of anilines is 3. The molecular formula is C24H29N7O3S. The van der Waals surface area contributed by atoms with E-state index in [2.05, 4.69) is 44.2 Å². The van der Waals surface area contributed by atoms with Crippen molar-refractivity contribution >= 4 is 44.8 Å². The highest BCUT2D eigenvalue weighted by atomic mass is 32.2. The highest BCUT2D eigenvalue weighted by Crippen LogP contribution is 2.29. The Morgan fingerprint density at radius 1 is 1.20 bits per heavy atom. The Bertz CT molecular complexity index is 1490. The Kier molecular flexibility index (Phi) is 6.79. The quantitative estimate of drug-likeness (QED) is 0.323. The number of sulfone groups is 1. The SMILES string of the molecule is C=N/C(=C\C=C(/C)N1CCCC1)Nc1cc(Nc2ccccc2S(C)(=O)=O)c2c(=O)n(C)[nH]c2n1. The molecule has 1 aliphatic heterocycles. The first-order valence-electron chi connectivity index (χ1n) is 11.2. The van der Waals surface area contributed by atoms with Gasteiger partial charge < -0.3 is 15.5 Å². The van der Waals surface area contributed by atoms with Crippen LogP contribution < -0.4 is 16.2 Å². The second kappa shape index (κ2) is 9.79. The average Bonchev–Trinajstić information content (AvgIpc) is 3.45. The summed E-state index contributed by atoms with van der Waals surface area (Å²) in [4.78, 5) is 23.8.